The zero-order chi connectivity index (χ0) is 13.5. The van der Waals surface area contributed by atoms with Crippen LogP contribution in [0.5, 0.6) is 0 Å². The van der Waals surface area contributed by atoms with Gasteiger partial charge in [-0.2, -0.15) is 0 Å². The van der Waals surface area contributed by atoms with Gasteiger partial charge in [0.25, 0.3) is 0 Å². The molecule has 0 heterocycles. The largest absolute Gasteiger partial charge is 0.0795 e. The lowest BCUT2D eigenvalue weighted by Gasteiger charge is -2.02. The molecule has 0 aromatic heterocycles. The van der Waals surface area contributed by atoms with Crippen molar-refractivity contribution in [2.75, 3.05) is 0 Å². The van der Waals surface area contributed by atoms with Gasteiger partial charge < -0.3 is 0 Å². The van der Waals surface area contributed by atoms with Gasteiger partial charge in [0.1, 0.15) is 0 Å². The monoisotopic (exact) mass is 313 g/mol. The average Bonchev–Trinajstić information content (AvgIpc) is 2.43. The first-order valence-corrected chi connectivity index (χ1v) is 6.64. The molecular weight excluding hydrogens is 302 g/mol. The Labute approximate surface area is 120 Å². The third-order valence-electron chi connectivity index (χ3n) is 2.64. The van der Waals surface area contributed by atoms with E-state index in [9.17, 15) is 0 Å². The predicted molar refractivity (Wildman–Crippen MR) is 82.1 cm³/mol. The van der Waals surface area contributed by atoms with Gasteiger partial charge in [0.2, 0.25) is 0 Å². The number of benzene rings is 2. The Morgan fingerprint density at radius 1 is 1.16 bits per heavy atom. The van der Waals surface area contributed by atoms with Crippen LogP contribution in [0.3, 0.4) is 0 Å². The Hall–Kier alpha value is -2.03. The fourth-order valence-corrected chi connectivity index (χ4v) is 2.16. The van der Waals surface area contributed by atoms with Gasteiger partial charge in [-0.3, -0.25) is 0 Å². The van der Waals surface area contributed by atoms with Crippen LogP contribution in [0.15, 0.2) is 64.2 Å². The van der Waals surface area contributed by atoms with E-state index >= 15 is 0 Å². The molecule has 2 aromatic rings. The van der Waals surface area contributed by atoms with Gasteiger partial charge in [-0.05, 0) is 35.2 Å². The van der Waals surface area contributed by atoms with Crippen molar-refractivity contribution in [3.8, 4) is 0 Å². The van der Waals surface area contributed by atoms with Crippen molar-refractivity contribution in [3.05, 3.63) is 80.6 Å². The molecule has 94 valence electrons. The van der Waals surface area contributed by atoms with Crippen LogP contribution < -0.4 is 0 Å². The summed E-state index contributed by atoms with van der Waals surface area (Å²) in [6.07, 6.45) is 4.84. The molecule has 0 amide bonds. The molecule has 4 heteroatoms. The molecule has 0 fully saturated rings. The number of halogens is 1. The Morgan fingerprint density at radius 3 is 2.68 bits per heavy atom. The van der Waals surface area contributed by atoms with Gasteiger partial charge in [0.05, 0.1) is 0 Å². The van der Waals surface area contributed by atoms with Crippen LogP contribution in [0, 0.1) is 0 Å². The lowest BCUT2D eigenvalue weighted by Crippen LogP contribution is -1.82. The predicted octanol–water partition coefficient (Wildman–Crippen LogP) is 5.65. The number of hydrogen-bond donors (Lipinski definition) is 0. The van der Waals surface area contributed by atoms with E-state index in [-0.39, 0.29) is 0 Å². The van der Waals surface area contributed by atoms with Crippen LogP contribution in [-0.2, 0) is 6.42 Å². The van der Waals surface area contributed by atoms with Gasteiger partial charge in [-0.15, -0.1) is 0 Å². The Kier molecular flexibility index (Phi) is 4.78. The zero-order valence-electron chi connectivity index (χ0n) is 10.2. The lowest BCUT2D eigenvalue weighted by atomic mass is 10.1. The second-order valence-electron chi connectivity index (χ2n) is 3.98. The van der Waals surface area contributed by atoms with Crippen LogP contribution in [0.25, 0.3) is 16.5 Å². The molecule has 2 rings (SSSR count). The van der Waals surface area contributed by atoms with E-state index in [4.69, 9.17) is 5.53 Å². The maximum absolute atomic E-state index is 8.55. The Morgan fingerprint density at radius 2 is 1.95 bits per heavy atom. The molecule has 0 N–H and O–H groups in total. The minimum absolute atomic E-state index is 0.670. The summed E-state index contributed by atoms with van der Waals surface area (Å²) in [5.74, 6) is 0. The molecule has 0 saturated heterocycles. The second-order valence-corrected chi connectivity index (χ2v) is 4.90. The van der Waals surface area contributed by atoms with E-state index in [1.807, 2.05) is 48.5 Å². The van der Waals surface area contributed by atoms with E-state index < -0.39 is 0 Å². The highest BCUT2D eigenvalue weighted by atomic mass is 79.9. The molecule has 3 nitrogen and oxygen atoms in total. The molecule has 0 aliphatic heterocycles. The summed E-state index contributed by atoms with van der Waals surface area (Å²) in [5.41, 5.74) is 11.4. The van der Waals surface area contributed by atoms with Gasteiger partial charge >= 0.3 is 0 Å². The third-order valence-corrected chi connectivity index (χ3v) is 3.13. The topological polar surface area (TPSA) is 48.8 Å². The Bertz CT molecular complexity index is 629. The van der Waals surface area contributed by atoms with E-state index in [1.54, 1.807) is 0 Å². The normalized spacial score (nSPS) is 10.4. The van der Waals surface area contributed by atoms with Crippen LogP contribution in [0.2, 0.25) is 0 Å². The maximum atomic E-state index is 8.55. The molecule has 0 saturated carbocycles. The summed E-state index contributed by atoms with van der Waals surface area (Å²) in [4.78, 5) is 2.85. The van der Waals surface area contributed by atoms with Crippen molar-refractivity contribution in [1.82, 2.24) is 0 Å². The number of allylic oxidation sites excluding steroid dienone is 1. The fraction of sp³-hybridized carbons (Fsp3) is 0.0667. The summed E-state index contributed by atoms with van der Waals surface area (Å²) < 4.78 is 0.979. The van der Waals surface area contributed by atoms with Crippen molar-refractivity contribution in [2.45, 2.75) is 6.42 Å². The number of rotatable bonds is 4. The van der Waals surface area contributed by atoms with Crippen LogP contribution in [-0.4, -0.2) is 0 Å². The third kappa shape index (κ3) is 3.98. The van der Waals surface area contributed by atoms with E-state index in [0.29, 0.717) is 5.69 Å². The van der Waals surface area contributed by atoms with Gasteiger partial charge in [-0.25, -0.2) is 0 Å². The minimum atomic E-state index is 0.670. The summed E-state index contributed by atoms with van der Waals surface area (Å²) in [6, 6.07) is 15.8. The molecule has 2 aromatic carbocycles. The minimum Gasteiger partial charge on any atom is -0.0795 e. The number of hydrogen-bond acceptors (Lipinski definition) is 1. The fourth-order valence-electron chi connectivity index (χ4n) is 1.75. The number of azide groups is 1. The van der Waals surface area contributed by atoms with Crippen molar-refractivity contribution >= 4 is 27.7 Å². The van der Waals surface area contributed by atoms with Crippen LogP contribution >= 0.6 is 15.9 Å². The van der Waals surface area contributed by atoms with Gasteiger partial charge in [0, 0.05) is 15.1 Å². The van der Waals surface area contributed by atoms with Crippen LogP contribution in [0.1, 0.15) is 11.1 Å². The lowest BCUT2D eigenvalue weighted by molar-refractivity contribution is 1.24. The van der Waals surface area contributed by atoms with Gasteiger partial charge in [-0.1, -0.05) is 69.6 Å². The summed E-state index contributed by atoms with van der Waals surface area (Å²) in [5, 5.41) is 3.70. The Balaban J connectivity index is 2.17. The molecule has 0 radical (unpaired) electrons. The molecule has 0 bridgehead atoms. The van der Waals surface area contributed by atoms with E-state index in [0.717, 1.165) is 22.0 Å². The number of nitrogens with zero attached hydrogens (tertiary/aromatic N) is 3. The summed E-state index contributed by atoms with van der Waals surface area (Å²) in [7, 11) is 0. The molecule has 0 aliphatic carbocycles. The average molecular weight is 314 g/mol. The quantitative estimate of drug-likeness (QED) is 0.398. The second kappa shape index (κ2) is 6.78. The van der Waals surface area contributed by atoms with E-state index in [2.05, 4.69) is 38.1 Å². The molecule has 0 unspecified atom stereocenters. The zero-order valence-corrected chi connectivity index (χ0v) is 11.8. The first-order valence-electron chi connectivity index (χ1n) is 5.85. The van der Waals surface area contributed by atoms with Crippen molar-refractivity contribution in [1.29, 1.82) is 0 Å². The maximum Gasteiger partial charge on any atom is 0.0411 e. The molecule has 0 spiro atoms. The smallest absolute Gasteiger partial charge is 0.0411 e. The van der Waals surface area contributed by atoms with Crippen molar-refractivity contribution in [2.24, 2.45) is 5.11 Å². The highest BCUT2D eigenvalue weighted by Crippen LogP contribution is 2.24. The van der Waals surface area contributed by atoms with E-state index in [1.165, 1.54) is 0 Å². The van der Waals surface area contributed by atoms with Crippen molar-refractivity contribution in [3.63, 3.8) is 0 Å². The molecular formula is C15H12BrN3. The first-order chi connectivity index (χ1) is 9.29. The van der Waals surface area contributed by atoms with Crippen molar-refractivity contribution < 1.29 is 0 Å². The summed E-state index contributed by atoms with van der Waals surface area (Å²) >= 11 is 3.43. The SMILES string of the molecule is [N-]=[N+]=Nc1ccc(Br)cc1CC=Cc1ccccc1. The molecule has 19 heavy (non-hydrogen) atoms. The molecule has 0 atom stereocenters. The standard InChI is InChI=1S/C15H12BrN3/c16-14-9-10-15(18-19-17)13(11-14)8-4-7-12-5-2-1-3-6-12/h1-7,9-11H,8H2. The van der Waals surface area contributed by atoms with Crippen LogP contribution in [0.4, 0.5) is 5.69 Å². The van der Waals surface area contributed by atoms with Gasteiger partial charge in [0.15, 0.2) is 0 Å². The summed E-state index contributed by atoms with van der Waals surface area (Å²) in [6.45, 7) is 0. The highest BCUT2D eigenvalue weighted by molar-refractivity contribution is 9.10. The molecule has 0 aliphatic rings. The highest BCUT2D eigenvalue weighted by Gasteiger charge is 1.99. The first kappa shape index (κ1) is 13.4.